The maximum atomic E-state index is 12.2. The first-order valence-electron chi connectivity index (χ1n) is 6.91. The Kier molecular flexibility index (Phi) is 5.22. The molecule has 0 saturated heterocycles. The van der Waals surface area contributed by atoms with E-state index < -0.39 is 5.97 Å². The summed E-state index contributed by atoms with van der Waals surface area (Å²) in [5, 5.41) is 0. The lowest BCUT2D eigenvalue weighted by atomic mass is 10.2. The molecule has 0 radical (unpaired) electrons. The van der Waals surface area contributed by atoms with E-state index in [9.17, 15) is 4.79 Å². The SMILES string of the molecule is CCOc1c(N)cccc1C(=O)OCc1ccc(CC)s1. The summed E-state index contributed by atoms with van der Waals surface area (Å²) in [5.41, 5.74) is 6.65. The molecule has 5 heteroatoms. The minimum Gasteiger partial charge on any atom is -0.491 e. The number of aryl methyl sites for hydroxylation is 1. The number of nitrogen functional groups attached to an aromatic ring is 1. The van der Waals surface area contributed by atoms with Crippen LogP contribution < -0.4 is 10.5 Å². The molecule has 0 spiro atoms. The van der Waals surface area contributed by atoms with E-state index in [1.165, 1.54) is 4.88 Å². The molecule has 0 saturated carbocycles. The fourth-order valence-corrected chi connectivity index (χ4v) is 2.80. The fourth-order valence-electron chi connectivity index (χ4n) is 1.93. The van der Waals surface area contributed by atoms with Crippen molar-refractivity contribution in [1.82, 2.24) is 0 Å². The number of rotatable bonds is 6. The van der Waals surface area contributed by atoms with E-state index in [2.05, 4.69) is 13.0 Å². The van der Waals surface area contributed by atoms with Crippen LogP contribution in [-0.4, -0.2) is 12.6 Å². The average molecular weight is 305 g/mol. The number of thiophene rings is 1. The third-order valence-electron chi connectivity index (χ3n) is 2.97. The van der Waals surface area contributed by atoms with E-state index in [0.29, 0.717) is 23.6 Å². The predicted octanol–water partition coefficient (Wildman–Crippen LogP) is 3.65. The first-order chi connectivity index (χ1) is 10.2. The van der Waals surface area contributed by atoms with Crippen molar-refractivity contribution in [2.75, 3.05) is 12.3 Å². The van der Waals surface area contributed by atoms with Gasteiger partial charge in [-0.2, -0.15) is 0 Å². The number of hydrogen-bond acceptors (Lipinski definition) is 5. The van der Waals surface area contributed by atoms with Gasteiger partial charge in [0, 0.05) is 9.75 Å². The molecule has 0 amide bonds. The van der Waals surface area contributed by atoms with E-state index in [1.807, 2.05) is 13.0 Å². The van der Waals surface area contributed by atoms with Gasteiger partial charge in [0.25, 0.3) is 0 Å². The Hall–Kier alpha value is -2.01. The highest BCUT2D eigenvalue weighted by Gasteiger charge is 2.16. The number of benzene rings is 1. The Labute approximate surface area is 128 Å². The van der Waals surface area contributed by atoms with Crippen molar-refractivity contribution in [1.29, 1.82) is 0 Å². The molecule has 21 heavy (non-hydrogen) atoms. The minimum absolute atomic E-state index is 0.268. The lowest BCUT2D eigenvalue weighted by Crippen LogP contribution is -2.09. The van der Waals surface area contributed by atoms with E-state index in [0.717, 1.165) is 11.3 Å². The summed E-state index contributed by atoms with van der Waals surface area (Å²) in [4.78, 5) is 14.5. The fraction of sp³-hybridized carbons (Fsp3) is 0.312. The second kappa shape index (κ2) is 7.13. The summed E-state index contributed by atoms with van der Waals surface area (Å²) in [6.07, 6.45) is 0.988. The zero-order valence-corrected chi connectivity index (χ0v) is 13.0. The van der Waals surface area contributed by atoms with Gasteiger partial charge in [0.1, 0.15) is 12.2 Å². The minimum atomic E-state index is -0.419. The second-order valence-electron chi connectivity index (χ2n) is 4.45. The molecule has 2 N–H and O–H groups in total. The molecule has 1 aromatic carbocycles. The normalized spacial score (nSPS) is 10.4. The maximum Gasteiger partial charge on any atom is 0.342 e. The van der Waals surface area contributed by atoms with Crippen molar-refractivity contribution in [2.24, 2.45) is 0 Å². The van der Waals surface area contributed by atoms with Crippen molar-refractivity contribution in [2.45, 2.75) is 26.9 Å². The van der Waals surface area contributed by atoms with Crippen LogP contribution in [0, 0.1) is 0 Å². The molecule has 112 valence electrons. The van der Waals surface area contributed by atoms with Crippen molar-refractivity contribution in [3.05, 3.63) is 45.6 Å². The molecule has 2 rings (SSSR count). The smallest absolute Gasteiger partial charge is 0.342 e. The number of esters is 1. The maximum absolute atomic E-state index is 12.2. The molecule has 1 heterocycles. The zero-order chi connectivity index (χ0) is 15.2. The van der Waals surface area contributed by atoms with Gasteiger partial charge >= 0.3 is 5.97 Å². The molecule has 0 atom stereocenters. The second-order valence-corrected chi connectivity index (χ2v) is 5.71. The molecule has 0 aliphatic rings. The van der Waals surface area contributed by atoms with Crippen molar-refractivity contribution >= 4 is 23.0 Å². The summed E-state index contributed by atoms with van der Waals surface area (Å²) in [6, 6.07) is 9.12. The van der Waals surface area contributed by atoms with Crippen LogP contribution in [0.4, 0.5) is 5.69 Å². The third-order valence-corrected chi connectivity index (χ3v) is 4.17. The predicted molar refractivity (Wildman–Crippen MR) is 84.8 cm³/mol. The number of ether oxygens (including phenoxy) is 2. The van der Waals surface area contributed by atoms with Crippen LogP contribution >= 0.6 is 11.3 Å². The molecule has 0 aliphatic heterocycles. The molecular formula is C16H19NO3S. The van der Waals surface area contributed by atoms with Gasteiger partial charge in [0.05, 0.1) is 12.3 Å². The van der Waals surface area contributed by atoms with E-state index in [4.69, 9.17) is 15.2 Å². The lowest BCUT2D eigenvalue weighted by Gasteiger charge is -2.11. The molecule has 4 nitrogen and oxygen atoms in total. The summed E-state index contributed by atoms with van der Waals surface area (Å²) in [5.74, 6) is -0.0253. The van der Waals surface area contributed by atoms with Gasteiger partial charge in [-0.3, -0.25) is 0 Å². The van der Waals surface area contributed by atoms with Crippen LogP contribution in [0.25, 0.3) is 0 Å². The third kappa shape index (κ3) is 3.76. The first-order valence-corrected chi connectivity index (χ1v) is 7.73. The Balaban J connectivity index is 2.08. The zero-order valence-electron chi connectivity index (χ0n) is 12.2. The van der Waals surface area contributed by atoms with Crippen LogP contribution in [-0.2, 0) is 17.8 Å². The van der Waals surface area contributed by atoms with Crippen LogP contribution in [0.2, 0.25) is 0 Å². The number of para-hydroxylation sites is 1. The Bertz CT molecular complexity index is 622. The Morgan fingerprint density at radius 1 is 1.19 bits per heavy atom. The summed E-state index contributed by atoms with van der Waals surface area (Å²) < 4.78 is 10.8. The molecule has 2 aromatic rings. The van der Waals surface area contributed by atoms with Gasteiger partial charge in [0.2, 0.25) is 0 Å². The first kappa shape index (κ1) is 15.4. The van der Waals surface area contributed by atoms with E-state index in [-0.39, 0.29) is 6.61 Å². The molecule has 0 aliphatic carbocycles. The van der Waals surface area contributed by atoms with Gasteiger partial charge in [-0.1, -0.05) is 13.0 Å². The van der Waals surface area contributed by atoms with Crippen LogP contribution in [0.5, 0.6) is 5.75 Å². The van der Waals surface area contributed by atoms with Gasteiger partial charge in [-0.25, -0.2) is 4.79 Å². The highest BCUT2D eigenvalue weighted by atomic mass is 32.1. The van der Waals surface area contributed by atoms with Crippen molar-refractivity contribution in [3.63, 3.8) is 0 Å². The molecular weight excluding hydrogens is 286 g/mol. The quantitative estimate of drug-likeness (QED) is 0.653. The van der Waals surface area contributed by atoms with E-state index >= 15 is 0 Å². The lowest BCUT2D eigenvalue weighted by molar-refractivity contribution is 0.0472. The Morgan fingerprint density at radius 2 is 1.95 bits per heavy atom. The Morgan fingerprint density at radius 3 is 2.62 bits per heavy atom. The van der Waals surface area contributed by atoms with Crippen LogP contribution in [0.15, 0.2) is 30.3 Å². The summed E-state index contributed by atoms with van der Waals surface area (Å²) >= 11 is 1.65. The number of carbonyl (C=O) groups excluding carboxylic acids is 1. The number of hydrogen-bond donors (Lipinski definition) is 1. The standard InChI is InChI=1S/C16H19NO3S/c1-3-11-8-9-12(21-11)10-20-16(18)13-6-5-7-14(17)15(13)19-4-2/h5-9H,3-4,10,17H2,1-2H3. The molecule has 0 bridgehead atoms. The van der Waals surface area contributed by atoms with Gasteiger partial charge < -0.3 is 15.2 Å². The van der Waals surface area contributed by atoms with Crippen molar-refractivity contribution < 1.29 is 14.3 Å². The molecule has 1 aromatic heterocycles. The van der Waals surface area contributed by atoms with E-state index in [1.54, 1.807) is 29.5 Å². The monoisotopic (exact) mass is 305 g/mol. The van der Waals surface area contributed by atoms with Gasteiger partial charge in [-0.15, -0.1) is 11.3 Å². The number of carbonyl (C=O) groups is 1. The molecule has 0 unspecified atom stereocenters. The summed E-state index contributed by atoms with van der Waals surface area (Å²) in [7, 11) is 0. The van der Waals surface area contributed by atoms with Gasteiger partial charge in [0.15, 0.2) is 5.75 Å². The van der Waals surface area contributed by atoms with Crippen molar-refractivity contribution in [3.8, 4) is 5.75 Å². The van der Waals surface area contributed by atoms with Gasteiger partial charge in [-0.05, 0) is 37.6 Å². The van der Waals surface area contributed by atoms with Crippen LogP contribution in [0.1, 0.15) is 34.0 Å². The summed E-state index contributed by atoms with van der Waals surface area (Å²) in [6.45, 7) is 4.66. The number of anilines is 1. The topological polar surface area (TPSA) is 61.5 Å². The number of nitrogens with two attached hydrogens (primary N) is 1. The molecule has 0 fully saturated rings. The van der Waals surface area contributed by atoms with Crippen LogP contribution in [0.3, 0.4) is 0 Å². The highest BCUT2D eigenvalue weighted by molar-refractivity contribution is 7.11. The largest absolute Gasteiger partial charge is 0.491 e. The highest BCUT2D eigenvalue weighted by Crippen LogP contribution is 2.27. The average Bonchev–Trinajstić information content (AvgIpc) is 2.95.